The molecule has 0 aliphatic rings. The second kappa shape index (κ2) is 7.08. The standard InChI is InChI=1S/C12H16N4O5/c1-15(2)12(19)14-6-5-13-9-7-8(11(17)18)3-4-10(9)16(20)21/h3-4,7,13H,5-6H2,1-2H3,(H,14,19)(H,17,18). The first kappa shape index (κ1) is 16.2. The number of hydrogen-bond donors (Lipinski definition) is 3. The van der Waals surface area contributed by atoms with Crippen LogP contribution in [0.4, 0.5) is 16.2 Å². The molecular formula is C12H16N4O5. The number of aromatic carboxylic acids is 1. The Morgan fingerprint density at radius 1 is 1.33 bits per heavy atom. The van der Waals surface area contributed by atoms with Gasteiger partial charge in [0.2, 0.25) is 0 Å². The molecule has 9 nitrogen and oxygen atoms in total. The largest absolute Gasteiger partial charge is 0.478 e. The molecule has 0 spiro atoms. The zero-order valence-corrected chi connectivity index (χ0v) is 11.6. The molecule has 0 radical (unpaired) electrons. The van der Waals surface area contributed by atoms with Crippen molar-refractivity contribution in [1.29, 1.82) is 0 Å². The Labute approximate surface area is 120 Å². The lowest BCUT2D eigenvalue weighted by atomic mass is 10.1. The third kappa shape index (κ3) is 4.64. The highest BCUT2D eigenvalue weighted by molar-refractivity contribution is 5.90. The lowest BCUT2D eigenvalue weighted by molar-refractivity contribution is -0.384. The van der Waals surface area contributed by atoms with Gasteiger partial charge in [-0.3, -0.25) is 10.1 Å². The zero-order valence-electron chi connectivity index (χ0n) is 11.6. The lowest BCUT2D eigenvalue weighted by Gasteiger charge is -2.13. The second-order valence-corrected chi connectivity index (χ2v) is 4.35. The number of urea groups is 1. The Balaban J connectivity index is 2.72. The number of nitro benzene ring substituents is 1. The van der Waals surface area contributed by atoms with Crippen molar-refractivity contribution in [3.8, 4) is 0 Å². The fraction of sp³-hybridized carbons (Fsp3) is 0.333. The number of hydrogen-bond acceptors (Lipinski definition) is 5. The molecular weight excluding hydrogens is 280 g/mol. The van der Waals surface area contributed by atoms with E-state index in [2.05, 4.69) is 10.6 Å². The number of carbonyl (C=O) groups is 2. The van der Waals surface area contributed by atoms with Gasteiger partial charge in [0.1, 0.15) is 5.69 Å². The highest BCUT2D eigenvalue weighted by Crippen LogP contribution is 2.25. The van der Waals surface area contributed by atoms with Gasteiger partial charge in [0, 0.05) is 33.3 Å². The molecule has 0 atom stereocenters. The minimum atomic E-state index is -1.17. The van der Waals surface area contributed by atoms with Crippen molar-refractivity contribution < 1.29 is 19.6 Å². The van der Waals surface area contributed by atoms with Crippen molar-refractivity contribution in [1.82, 2.24) is 10.2 Å². The summed E-state index contributed by atoms with van der Waals surface area (Å²) in [6, 6.07) is 3.20. The van der Waals surface area contributed by atoms with Crippen LogP contribution in [-0.4, -0.2) is 54.1 Å². The fourth-order valence-electron chi connectivity index (χ4n) is 1.49. The summed E-state index contributed by atoms with van der Waals surface area (Å²) >= 11 is 0. The third-order valence-corrected chi connectivity index (χ3v) is 2.56. The minimum Gasteiger partial charge on any atom is -0.478 e. The predicted molar refractivity (Wildman–Crippen MR) is 75.6 cm³/mol. The van der Waals surface area contributed by atoms with Crippen LogP contribution in [-0.2, 0) is 0 Å². The van der Waals surface area contributed by atoms with Gasteiger partial charge in [-0.15, -0.1) is 0 Å². The van der Waals surface area contributed by atoms with Crippen molar-refractivity contribution in [2.75, 3.05) is 32.5 Å². The molecule has 1 rings (SSSR count). The quantitative estimate of drug-likeness (QED) is 0.408. The maximum atomic E-state index is 11.3. The zero-order chi connectivity index (χ0) is 16.0. The number of nitro groups is 1. The number of nitrogens with zero attached hydrogens (tertiary/aromatic N) is 2. The number of amides is 2. The van der Waals surface area contributed by atoms with Crippen LogP contribution >= 0.6 is 0 Å². The van der Waals surface area contributed by atoms with Crippen LogP contribution in [0, 0.1) is 10.1 Å². The average Bonchev–Trinajstić information content (AvgIpc) is 2.42. The second-order valence-electron chi connectivity index (χ2n) is 4.35. The van der Waals surface area contributed by atoms with E-state index >= 15 is 0 Å². The number of benzene rings is 1. The van der Waals surface area contributed by atoms with Crippen molar-refractivity contribution in [3.63, 3.8) is 0 Å². The number of carboxylic acid groups (broad SMARTS) is 1. The van der Waals surface area contributed by atoms with E-state index in [1.165, 1.54) is 17.0 Å². The molecule has 3 N–H and O–H groups in total. The molecule has 0 aromatic heterocycles. The summed E-state index contributed by atoms with van der Waals surface area (Å²) in [4.78, 5) is 33.8. The van der Waals surface area contributed by atoms with Crippen molar-refractivity contribution >= 4 is 23.4 Å². The molecule has 0 aliphatic carbocycles. The molecule has 0 aliphatic heterocycles. The molecule has 21 heavy (non-hydrogen) atoms. The maximum absolute atomic E-state index is 11.3. The van der Waals surface area contributed by atoms with Gasteiger partial charge in [-0.1, -0.05) is 0 Å². The van der Waals surface area contributed by atoms with Gasteiger partial charge in [-0.05, 0) is 12.1 Å². The highest BCUT2D eigenvalue weighted by atomic mass is 16.6. The van der Waals surface area contributed by atoms with Gasteiger partial charge >= 0.3 is 12.0 Å². The number of nitrogens with one attached hydrogen (secondary N) is 2. The molecule has 0 bridgehead atoms. The van der Waals surface area contributed by atoms with E-state index in [4.69, 9.17) is 5.11 Å². The van der Waals surface area contributed by atoms with Crippen LogP contribution in [0.25, 0.3) is 0 Å². The average molecular weight is 296 g/mol. The molecule has 0 saturated carbocycles. The van der Waals surface area contributed by atoms with E-state index in [0.29, 0.717) is 0 Å². The van der Waals surface area contributed by atoms with Crippen LogP contribution in [0.15, 0.2) is 18.2 Å². The number of rotatable bonds is 6. The van der Waals surface area contributed by atoms with E-state index < -0.39 is 10.9 Å². The number of anilines is 1. The monoisotopic (exact) mass is 296 g/mol. The first-order valence-corrected chi connectivity index (χ1v) is 6.03. The van der Waals surface area contributed by atoms with Gasteiger partial charge in [-0.25, -0.2) is 9.59 Å². The van der Waals surface area contributed by atoms with Gasteiger partial charge in [0.15, 0.2) is 0 Å². The van der Waals surface area contributed by atoms with Crippen LogP contribution in [0.3, 0.4) is 0 Å². The first-order chi connectivity index (χ1) is 9.82. The van der Waals surface area contributed by atoms with E-state index in [0.717, 1.165) is 6.07 Å². The van der Waals surface area contributed by atoms with Crippen LogP contribution in [0.2, 0.25) is 0 Å². The SMILES string of the molecule is CN(C)C(=O)NCCNc1cc(C(=O)O)ccc1[N+](=O)[O-]. The highest BCUT2D eigenvalue weighted by Gasteiger charge is 2.16. The van der Waals surface area contributed by atoms with Gasteiger partial charge in [0.25, 0.3) is 5.69 Å². The maximum Gasteiger partial charge on any atom is 0.335 e. The van der Waals surface area contributed by atoms with E-state index in [1.54, 1.807) is 14.1 Å². The van der Waals surface area contributed by atoms with Crippen LogP contribution < -0.4 is 10.6 Å². The Morgan fingerprint density at radius 3 is 2.52 bits per heavy atom. The molecule has 0 saturated heterocycles. The molecule has 1 aromatic rings. The molecule has 0 heterocycles. The van der Waals surface area contributed by atoms with Crippen molar-refractivity contribution in [2.24, 2.45) is 0 Å². The lowest BCUT2D eigenvalue weighted by Crippen LogP contribution is -2.37. The Bertz CT molecular complexity index is 559. The summed E-state index contributed by atoms with van der Waals surface area (Å²) in [5.74, 6) is -1.17. The summed E-state index contributed by atoms with van der Waals surface area (Å²) in [7, 11) is 3.17. The van der Waals surface area contributed by atoms with E-state index in [1.807, 2.05) is 0 Å². The molecule has 0 fully saturated rings. The topological polar surface area (TPSA) is 125 Å². The smallest absolute Gasteiger partial charge is 0.335 e. The van der Waals surface area contributed by atoms with E-state index in [9.17, 15) is 19.7 Å². The summed E-state index contributed by atoms with van der Waals surface area (Å²) in [6.07, 6.45) is 0. The van der Waals surface area contributed by atoms with Gasteiger partial charge in [-0.2, -0.15) is 0 Å². The molecule has 2 amide bonds. The number of carboxylic acids is 1. The fourth-order valence-corrected chi connectivity index (χ4v) is 1.49. The predicted octanol–water partition coefficient (Wildman–Crippen LogP) is 0.976. The summed E-state index contributed by atoms with van der Waals surface area (Å²) in [6.45, 7) is 0.467. The van der Waals surface area contributed by atoms with Crippen LogP contribution in [0.5, 0.6) is 0 Å². The Morgan fingerprint density at radius 2 is 2.00 bits per heavy atom. The molecule has 0 unspecified atom stereocenters. The Hall–Kier alpha value is -2.84. The molecule has 9 heteroatoms. The Kier molecular flexibility index (Phi) is 5.47. The van der Waals surface area contributed by atoms with E-state index in [-0.39, 0.29) is 36.1 Å². The third-order valence-electron chi connectivity index (χ3n) is 2.56. The normalized spacial score (nSPS) is 9.81. The summed E-state index contributed by atoms with van der Waals surface area (Å²) in [5.41, 5.74) is -0.182. The van der Waals surface area contributed by atoms with Crippen molar-refractivity contribution in [2.45, 2.75) is 0 Å². The van der Waals surface area contributed by atoms with Gasteiger partial charge in [0.05, 0.1) is 10.5 Å². The van der Waals surface area contributed by atoms with Gasteiger partial charge < -0.3 is 20.6 Å². The number of carbonyl (C=O) groups excluding carboxylic acids is 1. The van der Waals surface area contributed by atoms with Crippen molar-refractivity contribution in [3.05, 3.63) is 33.9 Å². The first-order valence-electron chi connectivity index (χ1n) is 6.03. The van der Waals surface area contributed by atoms with Crippen LogP contribution in [0.1, 0.15) is 10.4 Å². The summed E-state index contributed by atoms with van der Waals surface area (Å²) < 4.78 is 0. The molecule has 1 aromatic carbocycles. The minimum absolute atomic E-state index is 0.0552. The molecule has 114 valence electrons. The summed E-state index contributed by atoms with van der Waals surface area (Å²) in [5, 5.41) is 25.1.